The number of H-pyrrole nitrogens is 2. The zero-order valence-electron chi connectivity index (χ0n) is 12.8. The molecule has 0 radical (unpaired) electrons. The maximum atomic E-state index is 12.5. The largest absolute Gasteiger partial charge is 0.361 e. The van der Waals surface area contributed by atoms with Gasteiger partial charge in [0.2, 0.25) is 5.91 Å². The third kappa shape index (κ3) is 2.61. The number of benzene rings is 1. The van der Waals surface area contributed by atoms with E-state index in [0.29, 0.717) is 10.7 Å². The molecule has 0 aliphatic carbocycles. The molecule has 0 aliphatic heterocycles. The minimum atomic E-state index is -0.319. The van der Waals surface area contributed by atoms with Crippen LogP contribution in [0, 0.1) is 0 Å². The SMILES string of the molecule is C[C@H](Sc1ncnc2nc[nH]c12)C(=O)Nc1cccc2[nH]ccc12. The molecule has 1 aromatic carbocycles. The maximum Gasteiger partial charge on any atom is 0.237 e. The lowest BCUT2D eigenvalue weighted by Gasteiger charge is -2.12. The first kappa shape index (κ1) is 14.7. The molecule has 7 nitrogen and oxygen atoms in total. The van der Waals surface area contributed by atoms with Gasteiger partial charge in [-0.05, 0) is 25.1 Å². The lowest BCUT2D eigenvalue weighted by Crippen LogP contribution is -2.22. The van der Waals surface area contributed by atoms with Gasteiger partial charge in [-0.2, -0.15) is 0 Å². The number of aromatic amines is 2. The van der Waals surface area contributed by atoms with Crippen molar-refractivity contribution in [2.75, 3.05) is 5.32 Å². The van der Waals surface area contributed by atoms with E-state index in [2.05, 4.69) is 30.2 Å². The number of aromatic nitrogens is 5. The van der Waals surface area contributed by atoms with E-state index in [0.717, 1.165) is 22.1 Å². The zero-order chi connectivity index (χ0) is 16.5. The Morgan fingerprint density at radius 2 is 2.12 bits per heavy atom. The van der Waals surface area contributed by atoms with Gasteiger partial charge in [-0.3, -0.25) is 4.79 Å². The normalized spacial score (nSPS) is 12.5. The first-order valence-electron chi connectivity index (χ1n) is 7.40. The van der Waals surface area contributed by atoms with Crippen LogP contribution in [0.4, 0.5) is 5.69 Å². The van der Waals surface area contributed by atoms with Crippen molar-refractivity contribution < 1.29 is 4.79 Å². The summed E-state index contributed by atoms with van der Waals surface area (Å²) in [5.41, 5.74) is 3.12. The molecule has 120 valence electrons. The second kappa shape index (κ2) is 5.97. The van der Waals surface area contributed by atoms with Crippen molar-refractivity contribution in [1.82, 2.24) is 24.9 Å². The first-order valence-corrected chi connectivity index (χ1v) is 8.28. The summed E-state index contributed by atoms with van der Waals surface area (Å²) >= 11 is 1.37. The van der Waals surface area contributed by atoms with Gasteiger partial charge in [0.25, 0.3) is 0 Å². The fourth-order valence-electron chi connectivity index (χ4n) is 2.48. The Morgan fingerprint density at radius 1 is 1.21 bits per heavy atom. The highest BCUT2D eigenvalue weighted by Gasteiger charge is 2.18. The Labute approximate surface area is 141 Å². The zero-order valence-corrected chi connectivity index (χ0v) is 13.6. The average Bonchev–Trinajstić information content (AvgIpc) is 3.24. The molecule has 0 bridgehead atoms. The number of hydrogen-bond acceptors (Lipinski definition) is 5. The maximum absolute atomic E-state index is 12.5. The average molecular weight is 338 g/mol. The third-order valence-electron chi connectivity index (χ3n) is 3.70. The Balaban J connectivity index is 1.54. The monoisotopic (exact) mass is 338 g/mol. The number of hydrogen-bond donors (Lipinski definition) is 3. The molecule has 3 aromatic heterocycles. The van der Waals surface area contributed by atoms with Crippen LogP contribution in [-0.4, -0.2) is 36.1 Å². The summed E-state index contributed by atoms with van der Waals surface area (Å²) in [5, 5.41) is 4.36. The van der Waals surface area contributed by atoms with Crippen LogP contribution in [0.5, 0.6) is 0 Å². The van der Waals surface area contributed by atoms with Gasteiger partial charge in [0.15, 0.2) is 5.65 Å². The first-order chi connectivity index (χ1) is 11.7. The van der Waals surface area contributed by atoms with Crippen molar-refractivity contribution in [3.05, 3.63) is 43.1 Å². The molecule has 0 unspecified atom stereocenters. The van der Waals surface area contributed by atoms with Crippen molar-refractivity contribution in [3.8, 4) is 0 Å². The summed E-state index contributed by atoms with van der Waals surface area (Å²) in [6, 6.07) is 7.72. The smallest absolute Gasteiger partial charge is 0.237 e. The van der Waals surface area contributed by atoms with Crippen molar-refractivity contribution >= 4 is 45.4 Å². The molecule has 8 heteroatoms. The number of rotatable bonds is 4. The van der Waals surface area contributed by atoms with Crippen LogP contribution in [0.25, 0.3) is 22.1 Å². The molecule has 0 aliphatic rings. The Morgan fingerprint density at radius 3 is 3.04 bits per heavy atom. The summed E-state index contributed by atoms with van der Waals surface area (Å²) in [5.74, 6) is -0.0834. The second-order valence-electron chi connectivity index (χ2n) is 5.27. The van der Waals surface area contributed by atoms with Crippen LogP contribution in [0.15, 0.2) is 48.1 Å². The van der Waals surface area contributed by atoms with E-state index >= 15 is 0 Å². The molecule has 4 rings (SSSR count). The number of amides is 1. The van der Waals surface area contributed by atoms with E-state index in [9.17, 15) is 4.79 Å². The summed E-state index contributed by atoms with van der Waals surface area (Å²) in [6.07, 6.45) is 4.88. The highest BCUT2D eigenvalue weighted by molar-refractivity contribution is 8.00. The van der Waals surface area contributed by atoms with Gasteiger partial charge >= 0.3 is 0 Å². The molecule has 0 spiro atoms. The van der Waals surface area contributed by atoms with Gasteiger partial charge in [0.05, 0.1) is 17.3 Å². The van der Waals surface area contributed by atoms with E-state index < -0.39 is 0 Å². The number of imidazole rings is 1. The summed E-state index contributed by atoms with van der Waals surface area (Å²) in [4.78, 5) is 31.1. The molecule has 0 saturated heterocycles. The lowest BCUT2D eigenvalue weighted by atomic mass is 10.2. The summed E-state index contributed by atoms with van der Waals surface area (Å²) < 4.78 is 0. The standard InChI is InChI=1S/C16H14N6OS/c1-9(24-16-13-14(19-7-18-13)20-8-21-16)15(23)22-12-4-2-3-11-10(12)5-6-17-11/h2-9,17H,1H3,(H,22,23)(H,18,19,20,21)/t9-/m0/s1. The van der Waals surface area contributed by atoms with Gasteiger partial charge in [-0.25, -0.2) is 15.0 Å². The molecule has 24 heavy (non-hydrogen) atoms. The highest BCUT2D eigenvalue weighted by atomic mass is 32.2. The number of fused-ring (bicyclic) bond motifs is 2. The summed E-state index contributed by atoms with van der Waals surface area (Å²) in [7, 11) is 0. The fraction of sp³-hybridized carbons (Fsp3) is 0.125. The molecule has 1 amide bonds. The van der Waals surface area contributed by atoms with Crippen LogP contribution < -0.4 is 5.32 Å². The van der Waals surface area contributed by atoms with Gasteiger partial charge in [-0.15, -0.1) is 0 Å². The van der Waals surface area contributed by atoms with Crippen LogP contribution in [0.3, 0.4) is 0 Å². The topological polar surface area (TPSA) is 99.3 Å². The van der Waals surface area contributed by atoms with E-state index in [1.165, 1.54) is 18.1 Å². The van der Waals surface area contributed by atoms with Crippen molar-refractivity contribution in [3.63, 3.8) is 0 Å². The van der Waals surface area contributed by atoms with Crippen LogP contribution in [0.1, 0.15) is 6.92 Å². The van der Waals surface area contributed by atoms with Crippen LogP contribution in [-0.2, 0) is 4.79 Å². The predicted molar refractivity (Wildman–Crippen MR) is 93.9 cm³/mol. The van der Waals surface area contributed by atoms with Crippen LogP contribution in [0.2, 0.25) is 0 Å². The summed E-state index contributed by atoms with van der Waals surface area (Å²) in [6.45, 7) is 1.85. The van der Waals surface area contributed by atoms with Gasteiger partial charge in [-0.1, -0.05) is 17.8 Å². The Hall–Kier alpha value is -2.87. The minimum absolute atomic E-state index is 0.0834. The molecule has 4 aromatic rings. The number of carbonyl (C=O) groups is 1. The molecule has 3 N–H and O–H groups in total. The Kier molecular flexibility index (Phi) is 3.66. The minimum Gasteiger partial charge on any atom is -0.361 e. The molecular formula is C16H14N6OS. The van der Waals surface area contributed by atoms with E-state index in [1.54, 1.807) is 6.33 Å². The molecule has 0 fully saturated rings. The van der Waals surface area contributed by atoms with Crippen molar-refractivity contribution in [1.29, 1.82) is 0 Å². The molecule has 1 atom stereocenters. The Bertz CT molecular complexity index is 1020. The van der Waals surface area contributed by atoms with Crippen molar-refractivity contribution in [2.45, 2.75) is 17.2 Å². The number of anilines is 1. The molecule has 3 heterocycles. The van der Waals surface area contributed by atoms with E-state index in [-0.39, 0.29) is 11.2 Å². The number of nitrogens with zero attached hydrogens (tertiary/aromatic N) is 3. The second-order valence-corrected chi connectivity index (χ2v) is 6.60. The highest BCUT2D eigenvalue weighted by Crippen LogP contribution is 2.28. The molecular weight excluding hydrogens is 324 g/mol. The number of nitrogens with one attached hydrogen (secondary N) is 3. The van der Waals surface area contributed by atoms with Crippen molar-refractivity contribution in [2.24, 2.45) is 0 Å². The van der Waals surface area contributed by atoms with Gasteiger partial charge in [0, 0.05) is 17.1 Å². The van der Waals surface area contributed by atoms with E-state index in [1.807, 2.05) is 37.4 Å². The predicted octanol–water partition coefficient (Wildman–Crippen LogP) is 2.95. The fourth-order valence-corrected chi connectivity index (χ4v) is 3.36. The van der Waals surface area contributed by atoms with Gasteiger partial charge < -0.3 is 15.3 Å². The number of carbonyl (C=O) groups excluding carboxylic acids is 1. The molecule has 0 saturated carbocycles. The lowest BCUT2D eigenvalue weighted by molar-refractivity contribution is -0.115. The quantitative estimate of drug-likeness (QED) is 0.392. The van der Waals surface area contributed by atoms with Gasteiger partial charge in [0.1, 0.15) is 16.9 Å². The van der Waals surface area contributed by atoms with Crippen LogP contribution >= 0.6 is 11.8 Å². The number of thioether (sulfide) groups is 1. The van der Waals surface area contributed by atoms with E-state index in [4.69, 9.17) is 0 Å². The third-order valence-corrected chi connectivity index (χ3v) is 4.80.